The van der Waals surface area contributed by atoms with Gasteiger partial charge in [-0.15, -0.1) is 0 Å². The van der Waals surface area contributed by atoms with E-state index in [4.69, 9.17) is 5.73 Å². The molecule has 1 rings (SSSR count). The molecule has 1 saturated carbocycles. The first-order chi connectivity index (χ1) is 7.16. The zero-order valence-electron chi connectivity index (χ0n) is 9.30. The summed E-state index contributed by atoms with van der Waals surface area (Å²) in [5.74, 6) is 0.0485. The first-order valence-corrected chi connectivity index (χ1v) is 5.85. The van der Waals surface area contributed by atoms with Crippen LogP contribution in [-0.4, -0.2) is 29.7 Å². The van der Waals surface area contributed by atoms with E-state index in [1.54, 1.807) is 0 Å². The number of nitrogens with two attached hydrogens (primary N) is 1. The molecule has 0 aromatic rings. The minimum absolute atomic E-state index is 0.0485. The Balaban J connectivity index is 1.98. The van der Waals surface area contributed by atoms with Gasteiger partial charge in [0.2, 0.25) is 5.91 Å². The van der Waals surface area contributed by atoms with E-state index in [0.717, 1.165) is 38.5 Å². The van der Waals surface area contributed by atoms with Crippen molar-refractivity contribution in [1.82, 2.24) is 5.32 Å². The quantitative estimate of drug-likeness (QED) is 0.541. The second-order valence-electron chi connectivity index (χ2n) is 4.45. The highest BCUT2D eigenvalue weighted by Crippen LogP contribution is 2.30. The highest BCUT2D eigenvalue weighted by atomic mass is 16.3. The van der Waals surface area contributed by atoms with Crippen LogP contribution < -0.4 is 11.1 Å². The molecule has 0 radical (unpaired) electrons. The molecule has 0 aromatic heterocycles. The smallest absolute Gasteiger partial charge is 0.220 e. The standard InChI is InChI=1S/C11H22N2O2/c12-8-3-1-2-5-10(14)13-9-11(15)6-4-7-11/h15H,1-9,12H2,(H,13,14). The number of carbonyl (C=O) groups is 1. The van der Waals surface area contributed by atoms with Crippen LogP contribution in [0.3, 0.4) is 0 Å². The number of hydrogen-bond acceptors (Lipinski definition) is 3. The molecule has 0 atom stereocenters. The fourth-order valence-corrected chi connectivity index (χ4v) is 1.72. The molecule has 4 heteroatoms. The van der Waals surface area contributed by atoms with Crippen molar-refractivity contribution in [1.29, 1.82) is 0 Å². The van der Waals surface area contributed by atoms with Crippen molar-refractivity contribution in [3.8, 4) is 0 Å². The van der Waals surface area contributed by atoms with E-state index < -0.39 is 5.60 Å². The molecule has 0 heterocycles. The first-order valence-electron chi connectivity index (χ1n) is 5.85. The van der Waals surface area contributed by atoms with E-state index in [2.05, 4.69) is 5.32 Å². The molecule has 1 aliphatic rings. The maximum Gasteiger partial charge on any atom is 0.220 e. The number of carbonyl (C=O) groups excluding carboxylic acids is 1. The summed E-state index contributed by atoms with van der Waals surface area (Å²) in [6, 6.07) is 0. The van der Waals surface area contributed by atoms with E-state index in [0.29, 0.717) is 19.5 Å². The Bertz CT molecular complexity index is 203. The number of nitrogens with one attached hydrogen (secondary N) is 1. The molecule has 4 nitrogen and oxygen atoms in total. The number of amides is 1. The lowest BCUT2D eigenvalue weighted by Crippen LogP contribution is -2.47. The number of aliphatic hydroxyl groups is 1. The zero-order chi connectivity index (χ0) is 11.1. The van der Waals surface area contributed by atoms with E-state index in [1.807, 2.05) is 0 Å². The minimum atomic E-state index is -0.604. The van der Waals surface area contributed by atoms with Gasteiger partial charge in [-0.3, -0.25) is 4.79 Å². The van der Waals surface area contributed by atoms with Gasteiger partial charge in [-0.25, -0.2) is 0 Å². The summed E-state index contributed by atoms with van der Waals surface area (Å²) in [4.78, 5) is 11.3. The minimum Gasteiger partial charge on any atom is -0.388 e. The largest absolute Gasteiger partial charge is 0.388 e. The molecule has 0 bridgehead atoms. The van der Waals surface area contributed by atoms with E-state index in [9.17, 15) is 9.90 Å². The Hall–Kier alpha value is -0.610. The molecule has 15 heavy (non-hydrogen) atoms. The molecule has 1 amide bonds. The van der Waals surface area contributed by atoms with Gasteiger partial charge in [0.15, 0.2) is 0 Å². The predicted molar refractivity (Wildman–Crippen MR) is 59.3 cm³/mol. The average molecular weight is 214 g/mol. The van der Waals surface area contributed by atoms with Gasteiger partial charge < -0.3 is 16.2 Å². The van der Waals surface area contributed by atoms with Crippen LogP contribution in [0.25, 0.3) is 0 Å². The summed E-state index contributed by atoms with van der Waals surface area (Å²) in [6.07, 6.45) is 6.15. The van der Waals surface area contributed by atoms with Gasteiger partial charge in [0.05, 0.1) is 5.60 Å². The third-order valence-corrected chi connectivity index (χ3v) is 3.01. The van der Waals surface area contributed by atoms with Crippen molar-refractivity contribution >= 4 is 5.91 Å². The van der Waals surface area contributed by atoms with Crippen LogP contribution in [0.4, 0.5) is 0 Å². The van der Waals surface area contributed by atoms with E-state index >= 15 is 0 Å². The Morgan fingerprint density at radius 2 is 2.07 bits per heavy atom. The van der Waals surface area contributed by atoms with Crippen LogP contribution in [0, 0.1) is 0 Å². The van der Waals surface area contributed by atoms with Gasteiger partial charge in [0.25, 0.3) is 0 Å². The summed E-state index contributed by atoms with van der Waals surface area (Å²) < 4.78 is 0. The molecule has 1 aliphatic carbocycles. The van der Waals surface area contributed by atoms with Crippen molar-refractivity contribution in [3.05, 3.63) is 0 Å². The van der Waals surface area contributed by atoms with Crippen molar-refractivity contribution in [3.63, 3.8) is 0 Å². The Morgan fingerprint density at radius 1 is 1.33 bits per heavy atom. The molecule has 88 valence electrons. The first kappa shape index (κ1) is 12.5. The monoisotopic (exact) mass is 214 g/mol. The Morgan fingerprint density at radius 3 is 2.60 bits per heavy atom. The van der Waals surface area contributed by atoms with Gasteiger partial charge in [-0.05, 0) is 38.6 Å². The van der Waals surface area contributed by atoms with Gasteiger partial charge in [-0.1, -0.05) is 6.42 Å². The van der Waals surface area contributed by atoms with Gasteiger partial charge in [-0.2, -0.15) is 0 Å². The van der Waals surface area contributed by atoms with Crippen LogP contribution in [0.5, 0.6) is 0 Å². The molecule has 4 N–H and O–H groups in total. The van der Waals surface area contributed by atoms with Crippen molar-refractivity contribution in [2.45, 2.75) is 50.5 Å². The van der Waals surface area contributed by atoms with Crippen molar-refractivity contribution < 1.29 is 9.90 Å². The van der Waals surface area contributed by atoms with Crippen LogP contribution in [0.1, 0.15) is 44.9 Å². The number of hydrogen-bond donors (Lipinski definition) is 3. The molecular weight excluding hydrogens is 192 g/mol. The third kappa shape index (κ3) is 4.62. The van der Waals surface area contributed by atoms with Crippen molar-refractivity contribution in [2.24, 2.45) is 5.73 Å². The Labute approximate surface area is 91.2 Å². The Kier molecular flexibility index (Phi) is 5.05. The zero-order valence-corrected chi connectivity index (χ0v) is 9.30. The fraction of sp³-hybridized carbons (Fsp3) is 0.909. The number of rotatable bonds is 7. The van der Waals surface area contributed by atoms with Crippen molar-refractivity contribution in [2.75, 3.05) is 13.1 Å². The molecular formula is C11H22N2O2. The average Bonchev–Trinajstić information content (AvgIpc) is 2.19. The SMILES string of the molecule is NCCCCCC(=O)NCC1(O)CCC1. The van der Waals surface area contributed by atoms with Crippen LogP contribution in [-0.2, 0) is 4.79 Å². The van der Waals surface area contributed by atoms with E-state index in [-0.39, 0.29) is 5.91 Å². The van der Waals surface area contributed by atoms with Crippen LogP contribution in [0.2, 0.25) is 0 Å². The molecule has 0 aromatic carbocycles. The molecule has 0 spiro atoms. The normalized spacial score (nSPS) is 18.3. The van der Waals surface area contributed by atoms with Gasteiger partial charge >= 0.3 is 0 Å². The summed E-state index contributed by atoms with van der Waals surface area (Å²) in [5, 5.41) is 12.5. The summed E-state index contributed by atoms with van der Waals surface area (Å²) >= 11 is 0. The second kappa shape index (κ2) is 6.08. The maximum atomic E-state index is 11.3. The molecule has 0 aliphatic heterocycles. The lowest BCUT2D eigenvalue weighted by molar-refractivity contribution is -0.123. The highest BCUT2D eigenvalue weighted by molar-refractivity contribution is 5.75. The van der Waals surface area contributed by atoms with E-state index in [1.165, 1.54) is 0 Å². The maximum absolute atomic E-state index is 11.3. The summed E-state index contributed by atoms with van der Waals surface area (Å²) in [7, 11) is 0. The molecule has 0 saturated heterocycles. The lowest BCUT2D eigenvalue weighted by atomic mass is 9.80. The van der Waals surface area contributed by atoms with Gasteiger partial charge in [0, 0.05) is 13.0 Å². The fourth-order valence-electron chi connectivity index (χ4n) is 1.72. The second-order valence-corrected chi connectivity index (χ2v) is 4.45. The predicted octanol–water partition coefficient (Wildman–Crippen LogP) is 0.537. The van der Waals surface area contributed by atoms with Crippen LogP contribution >= 0.6 is 0 Å². The molecule has 0 unspecified atom stereocenters. The topological polar surface area (TPSA) is 75.4 Å². The lowest BCUT2D eigenvalue weighted by Gasteiger charge is -2.36. The number of unbranched alkanes of at least 4 members (excludes halogenated alkanes) is 2. The summed E-state index contributed by atoms with van der Waals surface area (Å²) in [6.45, 7) is 1.12. The van der Waals surface area contributed by atoms with Gasteiger partial charge in [0.1, 0.15) is 0 Å². The van der Waals surface area contributed by atoms with Crippen LogP contribution in [0.15, 0.2) is 0 Å². The molecule has 1 fully saturated rings. The highest BCUT2D eigenvalue weighted by Gasteiger charge is 2.34. The third-order valence-electron chi connectivity index (χ3n) is 3.01. The summed E-state index contributed by atoms with van der Waals surface area (Å²) in [5.41, 5.74) is 4.75.